The quantitative estimate of drug-likeness (QED) is 0.462. The van der Waals surface area contributed by atoms with Crippen molar-refractivity contribution in [1.82, 2.24) is 15.2 Å². The largest absolute Gasteiger partial charge is 0.504 e. The number of pyridine rings is 1. The molecule has 2 rings (SSSR count). The summed E-state index contributed by atoms with van der Waals surface area (Å²) in [5.74, 6) is -0.545. The molecule has 1 fully saturated rings. The standard InChI is InChI=1S/C15H18B7FN4O2/c1-24-2-3-26-4-6-27(7-5-26)12-11(23)8-10(9-25-12)28-13(16,17)14(18,19)29-15(20,21)22/h8-9,24H,2-7H2,1H3. The Morgan fingerprint density at radius 2 is 1.69 bits per heavy atom. The summed E-state index contributed by atoms with van der Waals surface area (Å²) < 4.78 is 24.7. The molecule has 6 nitrogen and oxygen atoms in total. The Kier molecular flexibility index (Phi) is 7.90. The van der Waals surface area contributed by atoms with Gasteiger partial charge in [-0.25, -0.2) is 9.37 Å². The van der Waals surface area contributed by atoms with Gasteiger partial charge in [-0.05, 0) is 12.3 Å². The van der Waals surface area contributed by atoms with E-state index in [2.05, 4.69) is 15.2 Å². The number of piperazine rings is 1. The summed E-state index contributed by atoms with van der Waals surface area (Å²) in [6, 6.07) is 1.07. The van der Waals surface area contributed by atoms with E-state index < -0.39 is 21.9 Å². The Balaban J connectivity index is 2.04. The number of nitrogens with one attached hydrogen (secondary N) is 1. The zero-order valence-corrected chi connectivity index (χ0v) is 16.5. The van der Waals surface area contributed by atoms with E-state index in [1.165, 1.54) is 6.20 Å². The van der Waals surface area contributed by atoms with Crippen molar-refractivity contribution in [3.05, 3.63) is 18.1 Å². The van der Waals surface area contributed by atoms with Crippen molar-refractivity contribution in [1.29, 1.82) is 0 Å². The van der Waals surface area contributed by atoms with Crippen LogP contribution in [0.15, 0.2) is 12.3 Å². The smallest absolute Gasteiger partial charge is 0.169 e. The third kappa shape index (κ3) is 6.76. The normalized spacial score (nSPS) is 16.7. The highest BCUT2D eigenvalue weighted by Gasteiger charge is 2.40. The maximum absolute atomic E-state index is 14.6. The van der Waals surface area contributed by atoms with E-state index in [9.17, 15) is 4.39 Å². The van der Waals surface area contributed by atoms with Gasteiger partial charge in [0, 0.05) is 56.1 Å². The first-order valence-corrected chi connectivity index (χ1v) is 9.03. The molecule has 0 aliphatic carbocycles. The minimum Gasteiger partial charge on any atom is -0.504 e. The predicted molar refractivity (Wildman–Crippen MR) is 117 cm³/mol. The molecule has 29 heavy (non-hydrogen) atoms. The Morgan fingerprint density at radius 1 is 1.07 bits per heavy atom. The van der Waals surface area contributed by atoms with Crippen LogP contribution in [0.3, 0.4) is 0 Å². The zero-order chi connectivity index (χ0) is 21.9. The van der Waals surface area contributed by atoms with E-state index in [0.29, 0.717) is 13.1 Å². The Bertz CT molecular complexity index is 685. The van der Waals surface area contributed by atoms with E-state index >= 15 is 0 Å². The number of rotatable bonds is 9. The molecule has 1 aliphatic rings. The summed E-state index contributed by atoms with van der Waals surface area (Å²) >= 11 is 0. The average Bonchev–Trinajstić information content (AvgIpc) is 2.58. The Morgan fingerprint density at radius 3 is 2.21 bits per heavy atom. The molecule has 1 aliphatic heterocycles. The molecule has 0 amide bonds. The lowest BCUT2D eigenvalue weighted by atomic mass is 9.40. The second kappa shape index (κ2) is 9.44. The number of halogens is 1. The SMILES string of the molecule is [B]C([B])([B])OC([B])([B])C([B])([B])Oc1cnc(N2CCN(CCNC)CC2)c(F)c1. The molecule has 0 unspecified atom stereocenters. The van der Waals surface area contributed by atoms with Crippen molar-refractivity contribution in [3.63, 3.8) is 0 Å². The first-order valence-electron chi connectivity index (χ1n) is 9.03. The van der Waals surface area contributed by atoms with Crippen molar-refractivity contribution in [2.75, 3.05) is 51.2 Å². The molecule has 14 heteroatoms. The second-order valence-electron chi connectivity index (χ2n) is 7.05. The van der Waals surface area contributed by atoms with Gasteiger partial charge in [-0.15, -0.1) is 0 Å². The number of aromatic nitrogens is 1. The van der Waals surface area contributed by atoms with Crippen molar-refractivity contribution in [2.24, 2.45) is 0 Å². The average molecular weight is 381 g/mol. The molecule has 138 valence electrons. The van der Waals surface area contributed by atoms with E-state index in [1.807, 2.05) is 11.9 Å². The van der Waals surface area contributed by atoms with Crippen LogP contribution in [0, 0.1) is 5.82 Å². The van der Waals surface area contributed by atoms with Gasteiger partial charge in [0.25, 0.3) is 0 Å². The third-order valence-electron chi connectivity index (χ3n) is 4.39. The van der Waals surface area contributed by atoms with Crippen LogP contribution in [0.4, 0.5) is 10.2 Å². The molecular formula is C15H18B7FN4O2. The fourth-order valence-electron chi connectivity index (χ4n) is 2.80. The summed E-state index contributed by atoms with van der Waals surface area (Å²) in [4.78, 5) is 8.25. The molecule has 0 spiro atoms. The van der Waals surface area contributed by atoms with Crippen molar-refractivity contribution in [2.45, 2.75) is 16.1 Å². The highest BCUT2D eigenvalue weighted by atomic mass is 19.1. The maximum atomic E-state index is 14.6. The summed E-state index contributed by atoms with van der Waals surface area (Å²) in [6.07, 6.45) is 1.25. The number of ether oxygens (including phenoxy) is 2. The lowest BCUT2D eigenvalue weighted by Gasteiger charge is -2.48. The Labute approximate surface area is 181 Å². The van der Waals surface area contributed by atoms with Crippen molar-refractivity contribution < 1.29 is 13.9 Å². The highest BCUT2D eigenvalue weighted by molar-refractivity contribution is 6.59. The van der Waals surface area contributed by atoms with Gasteiger partial charge >= 0.3 is 0 Å². The molecule has 1 aromatic heterocycles. The van der Waals surface area contributed by atoms with Crippen molar-refractivity contribution >= 4 is 60.7 Å². The monoisotopic (exact) mass is 382 g/mol. The molecule has 2 heterocycles. The van der Waals surface area contributed by atoms with Gasteiger partial charge in [0.2, 0.25) is 0 Å². The van der Waals surface area contributed by atoms with Gasteiger partial charge in [0.05, 0.1) is 29.7 Å². The van der Waals surface area contributed by atoms with Gasteiger partial charge in [-0.1, -0.05) is 0 Å². The highest BCUT2D eigenvalue weighted by Crippen LogP contribution is 2.27. The minimum absolute atomic E-state index is 0.121. The summed E-state index contributed by atoms with van der Waals surface area (Å²) in [5, 5.41) is -3.87. The van der Waals surface area contributed by atoms with E-state index in [1.54, 1.807) is 0 Å². The maximum Gasteiger partial charge on any atom is 0.169 e. The van der Waals surface area contributed by atoms with Crippen LogP contribution in [0.5, 0.6) is 5.75 Å². The predicted octanol–water partition coefficient (Wildman–Crippen LogP) is -2.94. The van der Waals surface area contributed by atoms with E-state index in [-0.39, 0.29) is 11.6 Å². The molecule has 1 saturated heterocycles. The number of anilines is 1. The number of nitrogens with zero attached hydrogens (tertiary/aromatic N) is 3. The lowest BCUT2D eigenvalue weighted by molar-refractivity contribution is 0.00219. The van der Waals surface area contributed by atoms with Gasteiger partial charge in [0.15, 0.2) is 11.6 Å². The fraction of sp³-hybridized carbons (Fsp3) is 0.667. The topological polar surface area (TPSA) is 49.9 Å². The van der Waals surface area contributed by atoms with Gasteiger partial charge in [-0.2, -0.15) is 0 Å². The number of hydrogen-bond donors (Lipinski definition) is 1. The van der Waals surface area contributed by atoms with Crippen LogP contribution in [-0.2, 0) is 4.74 Å². The van der Waals surface area contributed by atoms with E-state index in [4.69, 9.17) is 64.4 Å². The fourth-order valence-corrected chi connectivity index (χ4v) is 2.80. The summed E-state index contributed by atoms with van der Waals surface area (Å²) in [6.45, 7) is 4.70. The van der Waals surface area contributed by atoms with Crippen LogP contribution in [0.25, 0.3) is 0 Å². The van der Waals surface area contributed by atoms with Crippen LogP contribution >= 0.6 is 0 Å². The summed E-state index contributed by atoms with van der Waals surface area (Å²) in [5.41, 5.74) is 0. The van der Waals surface area contributed by atoms with Crippen LogP contribution < -0.4 is 15.0 Å². The number of hydrogen-bond acceptors (Lipinski definition) is 6. The van der Waals surface area contributed by atoms with E-state index in [0.717, 1.165) is 32.2 Å². The molecule has 0 saturated carbocycles. The third-order valence-corrected chi connectivity index (χ3v) is 4.39. The molecule has 0 aromatic carbocycles. The first-order chi connectivity index (χ1) is 13.3. The van der Waals surface area contributed by atoms with Crippen LogP contribution in [0.1, 0.15) is 0 Å². The number of likely N-dealkylation sites (N-methyl/N-ethyl adjacent to an activating group) is 1. The van der Waals surface area contributed by atoms with Crippen molar-refractivity contribution in [3.8, 4) is 5.75 Å². The zero-order valence-electron chi connectivity index (χ0n) is 16.5. The molecule has 14 radical (unpaired) electrons. The van der Waals surface area contributed by atoms with Crippen LogP contribution in [-0.4, -0.2) is 127 Å². The lowest BCUT2D eigenvalue weighted by Crippen LogP contribution is -2.65. The summed E-state index contributed by atoms with van der Waals surface area (Å²) in [7, 11) is 40.7. The van der Waals surface area contributed by atoms with Gasteiger partial charge in [0.1, 0.15) is 37.1 Å². The molecule has 0 bridgehead atoms. The first kappa shape index (κ1) is 24.3. The minimum atomic E-state index is -2.40. The molecule has 1 N–H and O–H groups in total. The molecule has 1 aromatic rings. The Hall–Kier alpha value is -0.985. The second-order valence-corrected chi connectivity index (χ2v) is 7.05. The molecular weight excluding hydrogens is 363 g/mol. The van der Waals surface area contributed by atoms with Gasteiger partial charge in [-0.3, -0.25) is 4.90 Å². The van der Waals surface area contributed by atoms with Crippen LogP contribution in [0.2, 0.25) is 0 Å². The van der Waals surface area contributed by atoms with Gasteiger partial charge < -0.3 is 19.7 Å². The molecule has 0 atom stereocenters.